The minimum Gasteiger partial charge on any atom is -0.378 e. The van der Waals surface area contributed by atoms with Crippen molar-refractivity contribution in [3.8, 4) is 6.07 Å². The Morgan fingerprint density at radius 1 is 1.06 bits per heavy atom. The fourth-order valence-electron chi connectivity index (χ4n) is 9.27. The van der Waals surface area contributed by atoms with E-state index in [0.29, 0.717) is 22.1 Å². The van der Waals surface area contributed by atoms with Crippen LogP contribution < -0.4 is 10.6 Å². The zero-order valence-corrected chi connectivity index (χ0v) is 30.5. The normalized spacial score (nSPS) is 25.5. The summed E-state index contributed by atoms with van der Waals surface area (Å²) in [4.78, 5) is 7.23. The minimum absolute atomic E-state index is 0.0579. The van der Waals surface area contributed by atoms with Gasteiger partial charge in [0.2, 0.25) is 0 Å². The van der Waals surface area contributed by atoms with Gasteiger partial charge in [0.05, 0.1) is 40.1 Å². The largest absolute Gasteiger partial charge is 0.378 e. The number of halogens is 1. The summed E-state index contributed by atoms with van der Waals surface area (Å²) < 4.78 is 2.07. The van der Waals surface area contributed by atoms with Crippen molar-refractivity contribution in [3.05, 3.63) is 76.7 Å². The lowest BCUT2D eigenvalue weighted by molar-refractivity contribution is 0.0866. The second-order valence-electron chi connectivity index (χ2n) is 16.2. The standard InChI is InChI=1S/C40H51ClN8/c1-6-40(21-27-16-26(2)17-28(18-27)22-40)45-36-30(23-42)24-43-38-33(36)19-31(20-34(38)41)44-37(29-10-8-7-9-11-29)35-25-49(47-46-35)32-12-14-48(15-13-32)39(3,4)5/h7-11,19-20,24-28,32,37,44H,6,12-18,21-22H2,1-5H3,(H,43,45)/t26?,27?,28?,37-,40?/m0/s1. The van der Waals surface area contributed by atoms with Crippen LogP contribution in [0.5, 0.6) is 0 Å². The first-order valence-electron chi connectivity index (χ1n) is 18.3. The Labute approximate surface area is 296 Å². The Hall–Kier alpha value is -3.67. The third kappa shape index (κ3) is 7.03. The third-order valence-corrected chi connectivity index (χ3v) is 12.0. The van der Waals surface area contributed by atoms with E-state index in [4.69, 9.17) is 16.7 Å². The van der Waals surface area contributed by atoms with Crippen molar-refractivity contribution >= 4 is 33.9 Å². The number of nitrogens with zero attached hydrogens (tertiary/aromatic N) is 6. The molecule has 2 saturated carbocycles. The molecule has 3 fully saturated rings. The number of piperidine rings is 1. The molecule has 4 aromatic rings. The fourth-order valence-corrected chi connectivity index (χ4v) is 9.54. The molecular weight excluding hydrogens is 628 g/mol. The molecule has 2 aromatic heterocycles. The van der Waals surface area contributed by atoms with Crippen LogP contribution in [0.2, 0.25) is 5.02 Å². The highest BCUT2D eigenvalue weighted by Crippen LogP contribution is 2.49. The zero-order chi connectivity index (χ0) is 34.3. The van der Waals surface area contributed by atoms with Gasteiger partial charge in [-0.05, 0) is 108 Å². The number of rotatable bonds is 8. The Bertz CT molecular complexity index is 1800. The number of hydrogen-bond acceptors (Lipinski definition) is 7. The van der Waals surface area contributed by atoms with Crippen LogP contribution in [0.4, 0.5) is 11.4 Å². The lowest BCUT2D eigenvalue weighted by atomic mass is 9.61. The van der Waals surface area contributed by atoms with E-state index in [-0.39, 0.29) is 17.1 Å². The summed E-state index contributed by atoms with van der Waals surface area (Å²) in [7, 11) is 0. The molecule has 258 valence electrons. The average molecular weight is 679 g/mol. The number of aromatic nitrogens is 4. The summed E-state index contributed by atoms with van der Waals surface area (Å²) in [5, 5.41) is 28.9. The number of nitrogens with one attached hydrogen (secondary N) is 2. The van der Waals surface area contributed by atoms with Gasteiger partial charge in [-0.15, -0.1) is 5.10 Å². The molecule has 0 spiro atoms. The maximum Gasteiger partial charge on any atom is 0.109 e. The number of hydrogen-bond donors (Lipinski definition) is 2. The SMILES string of the molecule is CCC1(Nc2c(C#N)cnc3c(Cl)cc(N[C@@H](c4ccccc4)c4cn(C5CCN(C(C)(C)C)CC5)nn4)cc23)CC2CC(C)CC(C2)C1. The predicted molar refractivity (Wildman–Crippen MR) is 199 cm³/mol. The number of likely N-dealkylation sites (tertiary alicyclic amines) is 1. The van der Waals surface area contributed by atoms with E-state index in [1.807, 2.05) is 12.1 Å². The molecule has 2 unspecified atom stereocenters. The zero-order valence-electron chi connectivity index (χ0n) is 29.7. The van der Waals surface area contributed by atoms with Gasteiger partial charge in [0.1, 0.15) is 11.8 Å². The summed E-state index contributed by atoms with van der Waals surface area (Å²) in [6.07, 6.45) is 13.1. The van der Waals surface area contributed by atoms with Gasteiger partial charge in [0.15, 0.2) is 0 Å². The van der Waals surface area contributed by atoms with Gasteiger partial charge >= 0.3 is 0 Å². The van der Waals surface area contributed by atoms with Crippen molar-refractivity contribution in [1.29, 1.82) is 5.26 Å². The van der Waals surface area contributed by atoms with E-state index in [9.17, 15) is 5.26 Å². The molecule has 9 heteroatoms. The van der Waals surface area contributed by atoms with E-state index in [1.54, 1.807) is 6.20 Å². The van der Waals surface area contributed by atoms with Gasteiger partial charge in [-0.3, -0.25) is 9.88 Å². The lowest BCUT2D eigenvalue weighted by Crippen LogP contribution is -2.47. The van der Waals surface area contributed by atoms with Gasteiger partial charge < -0.3 is 10.6 Å². The van der Waals surface area contributed by atoms with E-state index < -0.39 is 0 Å². The molecule has 7 rings (SSSR count). The molecule has 3 atom stereocenters. The third-order valence-electron chi connectivity index (χ3n) is 11.7. The Morgan fingerprint density at radius 3 is 2.43 bits per heavy atom. The van der Waals surface area contributed by atoms with Crippen LogP contribution in [0.1, 0.15) is 115 Å². The number of anilines is 2. The van der Waals surface area contributed by atoms with Gasteiger partial charge in [-0.1, -0.05) is 61.0 Å². The van der Waals surface area contributed by atoms with Crippen LogP contribution in [0.15, 0.2) is 54.9 Å². The molecule has 0 amide bonds. The first-order valence-corrected chi connectivity index (χ1v) is 18.7. The molecule has 8 nitrogen and oxygen atoms in total. The van der Waals surface area contributed by atoms with Gasteiger partial charge in [0.25, 0.3) is 0 Å². The molecule has 1 aliphatic heterocycles. The van der Waals surface area contributed by atoms with Crippen LogP contribution in [0.3, 0.4) is 0 Å². The lowest BCUT2D eigenvalue weighted by Gasteiger charge is -2.49. The fraction of sp³-hybridized carbons (Fsp3) is 0.550. The van der Waals surface area contributed by atoms with E-state index in [1.165, 1.54) is 19.3 Å². The first-order chi connectivity index (χ1) is 23.5. The number of benzene rings is 2. The monoisotopic (exact) mass is 678 g/mol. The molecule has 2 aromatic carbocycles. The summed E-state index contributed by atoms with van der Waals surface area (Å²) >= 11 is 7.01. The number of nitriles is 1. The van der Waals surface area contributed by atoms with Crippen molar-refractivity contribution in [2.45, 2.75) is 109 Å². The summed E-state index contributed by atoms with van der Waals surface area (Å²) in [5.41, 5.74) is 5.00. The summed E-state index contributed by atoms with van der Waals surface area (Å²) in [6, 6.07) is 16.9. The van der Waals surface area contributed by atoms with E-state index in [0.717, 1.165) is 91.0 Å². The summed E-state index contributed by atoms with van der Waals surface area (Å²) in [6.45, 7) is 13.7. The Kier molecular flexibility index (Phi) is 9.36. The van der Waals surface area contributed by atoms with Gasteiger partial charge in [-0.2, -0.15) is 5.26 Å². The molecule has 3 aliphatic rings. The summed E-state index contributed by atoms with van der Waals surface area (Å²) in [5.74, 6) is 2.24. The second kappa shape index (κ2) is 13.6. The van der Waals surface area contributed by atoms with Gasteiger partial charge in [0, 0.05) is 41.4 Å². The van der Waals surface area contributed by atoms with Crippen molar-refractivity contribution < 1.29 is 0 Å². The smallest absolute Gasteiger partial charge is 0.109 e. The van der Waals surface area contributed by atoms with E-state index in [2.05, 4.69) is 108 Å². The van der Waals surface area contributed by atoms with Crippen LogP contribution >= 0.6 is 11.6 Å². The van der Waals surface area contributed by atoms with Crippen LogP contribution in [0.25, 0.3) is 10.9 Å². The number of fused-ring (bicyclic) bond motifs is 3. The van der Waals surface area contributed by atoms with Crippen molar-refractivity contribution in [2.24, 2.45) is 17.8 Å². The highest BCUT2D eigenvalue weighted by atomic mass is 35.5. The van der Waals surface area contributed by atoms with Crippen LogP contribution in [0, 0.1) is 29.1 Å². The number of pyridine rings is 1. The molecule has 3 heterocycles. The predicted octanol–water partition coefficient (Wildman–Crippen LogP) is 9.40. The minimum atomic E-state index is -0.247. The Balaban J connectivity index is 1.21. The van der Waals surface area contributed by atoms with Gasteiger partial charge in [-0.25, -0.2) is 4.68 Å². The molecule has 49 heavy (non-hydrogen) atoms. The maximum absolute atomic E-state index is 10.3. The van der Waals surface area contributed by atoms with Crippen LogP contribution in [-0.4, -0.2) is 49.0 Å². The van der Waals surface area contributed by atoms with Crippen molar-refractivity contribution in [2.75, 3.05) is 23.7 Å². The van der Waals surface area contributed by atoms with Crippen LogP contribution in [-0.2, 0) is 0 Å². The van der Waals surface area contributed by atoms with Crippen molar-refractivity contribution in [3.63, 3.8) is 0 Å². The van der Waals surface area contributed by atoms with E-state index >= 15 is 0 Å². The molecular formula is C40H51ClN8. The first kappa shape index (κ1) is 33.8. The second-order valence-corrected chi connectivity index (χ2v) is 16.6. The highest BCUT2D eigenvalue weighted by Gasteiger charge is 2.43. The Morgan fingerprint density at radius 2 is 1.78 bits per heavy atom. The molecule has 1 saturated heterocycles. The topological polar surface area (TPSA) is 94.7 Å². The van der Waals surface area contributed by atoms with Crippen molar-refractivity contribution in [1.82, 2.24) is 24.9 Å². The maximum atomic E-state index is 10.3. The highest BCUT2D eigenvalue weighted by molar-refractivity contribution is 6.35. The molecule has 2 N–H and O–H groups in total. The molecule has 2 bridgehead atoms. The molecule has 0 radical (unpaired) electrons. The average Bonchev–Trinajstić information content (AvgIpc) is 3.57. The molecule has 2 aliphatic carbocycles. The quantitative estimate of drug-likeness (QED) is 0.192.